The summed E-state index contributed by atoms with van der Waals surface area (Å²) in [5, 5.41) is 11.4. The Morgan fingerprint density at radius 1 is 1.39 bits per heavy atom. The van der Waals surface area contributed by atoms with Gasteiger partial charge >= 0.3 is 0 Å². The normalized spacial score (nSPS) is 12.2. The lowest BCUT2D eigenvalue weighted by atomic mass is 10.1. The topological polar surface area (TPSA) is 49.3 Å². The second-order valence-corrected chi connectivity index (χ2v) is 4.25. The molecule has 5 heteroatoms. The van der Waals surface area contributed by atoms with Gasteiger partial charge in [0.05, 0.1) is 6.61 Å². The van der Waals surface area contributed by atoms with E-state index in [-0.39, 0.29) is 18.6 Å². The first-order valence-corrected chi connectivity index (χ1v) is 5.87. The molecule has 0 fully saturated rings. The van der Waals surface area contributed by atoms with Crippen molar-refractivity contribution in [3.63, 3.8) is 0 Å². The van der Waals surface area contributed by atoms with Gasteiger partial charge in [-0.2, -0.15) is 0 Å². The van der Waals surface area contributed by atoms with Crippen LogP contribution < -0.4 is 5.32 Å². The second kappa shape index (κ2) is 7.06. The van der Waals surface area contributed by atoms with Crippen molar-refractivity contribution < 1.29 is 18.7 Å². The van der Waals surface area contributed by atoms with Crippen molar-refractivity contribution in [1.82, 2.24) is 5.32 Å². The number of hydrogen-bond donors (Lipinski definition) is 2. The molecule has 0 spiro atoms. The van der Waals surface area contributed by atoms with E-state index in [1.165, 1.54) is 6.07 Å². The van der Waals surface area contributed by atoms with Crippen molar-refractivity contribution in [2.75, 3.05) is 6.61 Å². The number of aliphatic hydroxyl groups excluding tert-OH is 1. The number of aryl methyl sites for hydroxylation is 1. The maximum absolute atomic E-state index is 12.9. The van der Waals surface area contributed by atoms with E-state index in [1.54, 1.807) is 6.92 Å². The van der Waals surface area contributed by atoms with Crippen molar-refractivity contribution in [3.05, 3.63) is 35.4 Å². The van der Waals surface area contributed by atoms with Crippen molar-refractivity contribution in [1.29, 1.82) is 0 Å². The summed E-state index contributed by atoms with van der Waals surface area (Å²) in [6.45, 7) is 1.60. The number of benzene rings is 1. The van der Waals surface area contributed by atoms with E-state index in [1.807, 2.05) is 0 Å². The highest BCUT2D eigenvalue weighted by Gasteiger charge is 2.07. The first-order chi connectivity index (χ1) is 8.52. The largest absolute Gasteiger partial charge is 0.394 e. The molecule has 1 unspecified atom stereocenters. The third-order valence-corrected chi connectivity index (χ3v) is 2.53. The molecule has 18 heavy (non-hydrogen) atoms. The standard InChI is InChI=1S/C13H17F2NO2/c1-9(8-17)16-13(18)4-2-3-10-5-6-11(14)12(15)7-10/h5-7,9,17H,2-4,8H2,1H3,(H,16,18). The first kappa shape index (κ1) is 14.6. The van der Waals surface area contributed by atoms with Gasteiger partial charge in [0, 0.05) is 12.5 Å². The molecule has 0 aliphatic carbocycles. The Balaban J connectivity index is 2.33. The maximum atomic E-state index is 12.9. The fraction of sp³-hybridized carbons (Fsp3) is 0.462. The highest BCUT2D eigenvalue weighted by atomic mass is 19.2. The monoisotopic (exact) mass is 257 g/mol. The van der Waals surface area contributed by atoms with Gasteiger partial charge in [0.15, 0.2) is 11.6 Å². The average Bonchev–Trinajstić information content (AvgIpc) is 2.33. The van der Waals surface area contributed by atoms with Crippen LogP contribution in [-0.2, 0) is 11.2 Å². The molecule has 0 radical (unpaired) electrons. The molecule has 0 aliphatic heterocycles. The fourth-order valence-corrected chi connectivity index (χ4v) is 1.54. The first-order valence-electron chi connectivity index (χ1n) is 5.87. The van der Waals surface area contributed by atoms with E-state index in [9.17, 15) is 13.6 Å². The third-order valence-electron chi connectivity index (χ3n) is 2.53. The zero-order chi connectivity index (χ0) is 13.5. The second-order valence-electron chi connectivity index (χ2n) is 4.25. The molecule has 1 amide bonds. The van der Waals surface area contributed by atoms with Crippen LogP contribution in [-0.4, -0.2) is 23.7 Å². The molecule has 0 saturated carbocycles. The van der Waals surface area contributed by atoms with E-state index in [2.05, 4.69) is 5.32 Å². The molecule has 3 nitrogen and oxygen atoms in total. The van der Waals surface area contributed by atoms with Crippen LogP contribution in [0.3, 0.4) is 0 Å². The van der Waals surface area contributed by atoms with Crippen LogP contribution in [0.1, 0.15) is 25.3 Å². The Morgan fingerprint density at radius 3 is 2.72 bits per heavy atom. The van der Waals surface area contributed by atoms with Gasteiger partial charge < -0.3 is 10.4 Å². The Labute approximate surface area is 105 Å². The number of halogens is 2. The summed E-state index contributed by atoms with van der Waals surface area (Å²) in [6, 6.07) is 3.47. The summed E-state index contributed by atoms with van der Waals surface area (Å²) in [5.74, 6) is -1.89. The lowest BCUT2D eigenvalue weighted by Gasteiger charge is -2.10. The van der Waals surface area contributed by atoms with Crippen LogP contribution in [0.25, 0.3) is 0 Å². The minimum absolute atomic E-state index is 0.102. The quantitative estimate of drug-likeness (QED) is 0.816. The fourth-order valence-electron chi connectivity index (χ4n) is 1.54. The van der Waals surface area contributed by atoms with Gasteiger partial charge in [-0.25, -0.2) is 8.78 Å². The van der Waals surface area contributed by atoms with E-state index in [0.717, 1.165) is 12.1 Å². The van der Waals surface area contributed by atoms with Gasteiger partial charge in [-0.1, -0.05) is 6.07 Å². The van der Waals surface area contributed by atoms with Crippen LogP contribution >= 0.6 is 0 Å². The molecule has 100 valence electrons. The molecule has 1 aromatic carbocycles. The van der Waals surface area contributed by atoms with Crippen molar-refractivity contribution >= 4 is 5.91 Å². The predicted octanol–water partition coefficient (Wildman–Crippen LogP) is 1.78. The van der Waals surface area contributed by atoms with Gasteiger partial charge in [0.25, 0.3) is 0 Å². The van der Waals surface area contributed by atoms with Crippen LogP contribution in [0.15, 0.2) is 18.2 Å². The molecule has 0 heterocycles. The SMILES string of the molecule is CC(CO)NC(=O)CCCc1ccc(F)c(F)c1. The van der Waals surface area contributed by atoms with Crippen LogP contribution in [0.4, 0.5) is 8.78 Å². The number of carbonyl (C=O) groups excluding carboxylic acids is 1. The van der Waals surface area contributed by atoms with Crippen molar-refractivity contribution in [2.24, 2.45) is 0 Å². The van der Waals surface area contributed by atoms with Crippen molar-refractivity contribution in [2.45, 2.75) is 32.2 Å². The Morgan fingerprint density at radius 2 is 2.11 bits per heavy atom. The smallest absolute Gasteiger partial charge is 0.220 e. The number of hydrogen-bond acceptors (Lipinski definition) is 2. The molecule has 1 aromatic rings. The molecule has 0 saturated heterocycles. The van der Waals surface area contributed by atoms with Crippen LogP contribution in [0.2, 0.25) is 0 Å². The van der Waals surface area contributed by atoms with Gasteiger partial charge in [-0.05, 0) is 37.5 Å². The molecule has 1 atom stereocenters. The predicted molar refractivity (Wildman–Crippen MR) is 64.0 cm³/mol. The average molecular weight is 257 g/mol. The Hall–Kier alpha value is -1.49. The maximum Gasteiger partial charge on any atom is 0.220 e. The van der Waals surface area contributed by atoms with Gasteiger partial charge in [-0.15, -0.1) is 0 Å². The number of amides is 1. The molecule has 1 rings (SSSR count). The van der Waals surface area contributed by atoms with E-state index in [4.69, 9.17) is 5.11 Å². The van der Waals surface area contributed by atoms with Gasteiger partial charge in [-0.3, -0.25) is 4.79 Å². The summed E-state index contributed by atoms with van der Waals surface area (Å²) in [6.07, 6.45) is 1.36. The lowest BCUT2D eigenvalue weighted by molar-refractivity contribution is -0.122. The van der Waals surface area contributed by atoms with E-state index >= 15 is 0 Å². The Bertz CT molecular complexity index is 410. The molecular weight excluding hydrogens is 240 g/mol. The van der Waals surface area contributed by atoms with E-state index in [0.29, 0.717) is 24.8 Å². The van der Waals surface area contributed by atoms with Crippen LogP contribution in [0.5, 0.6) is 0 Å². The highest BCUT2D eigenvalue weighted by Crippen LogP contribution is 2.11. The van der Waals surface area contributed by atoms with Crippen molar-refractivity contribution in [3.8, 4) is 0 Å². The summed E-state index contributed by atoms with van der Waals surface area (Å²) < 4.78 is 25.6. The molecule has 2 N–H and O–H groups in total. The zero-order valence-electron chi connectivity index (χ0n) is 10.2. The number of aliphatic hydroxyl groups is 1. The van der Waals surface area contributed by atoms with Gasteiger partial charge in [0.2, 0.25) is 5.91 Å². The lowest BCUT2D eigenvalue weighted by Crippen LogP contribution is -2.34. The Kier molecular flexibility index (Phi) is 5.71. The van der Waals surface area contributed by atoms with Crippen LogP contribution in [0, 0.1) is 11.6 Å². The summed E-state index contributed by atoms with van der Waals surface area (Å²) in [5.41, 5.74) is 0.664. The van der Waals surface area contributed by atoms with E-state index < -0.39 is 11.6 Å². The highest BCUT2D eigenvalue weighted by molar-refractivity contribution is 5.76. The summed E-state index contributed by atoms with van der Waals surface area (Å²) >= 11 is 0. The minimum Gasteiger partial charge on any atom is -0.394 e. The van der Waals surface area contributed by atoms with Gasteiger partial charge in [0.1, 0.15) is 0 Å². The summed E-state index contributed by atoms with van der Waals surface area (Å²) in [7, 11) is 0. The summed E-state index contributed by atoms with van der Waals surface area (Å²) in [4.78, 5) is 11.4. The number of rotatable bonds is 6. The molecule has 0 aromatic heterocycles. The molecular formula is C13H17F2NO2. The zero-order valence-corrected chi connectivity index (χ0v) is 10.2. The minimum atomic E-state index is -0.870. The number of nitrogens with one attached hydrogen (secondary N) is 1. The number of carbonyl (C=O) groups is 1. The third kappa shape index (κ3) is 4.79. The molecule has 0 bridgehead atoms. The molecule has 0 aliphatic rings.